The molecular formula is C21H23Cl2FN2O2. The molecule has 0 radical (unpaired) electrons. The van der Waals surface area contributed by atoms with Crippen molar-refractivity contribution in [1.29, 1.82) is 0 Å². The molecular weight excluding hydrogens is 402 g/mol. The molecule has 28 heavy (non-hydrogen) atoms. The summed E-state index contributed by atoms with van der Waals surface area (Å²) in [7, 11) is 0. The van der Waals surface area contributed by atoms with Gasteiger partial charge in [-0.05, 0) is 50.1 Å². The maximum atomic E-state index is 14.0. The Balaban J connectivity index is 2.30. The zero-order valence-electron chi connectivity index (χ0n) is 16.0. The summed E-state index contributed by atoms with van der Waals surface area (Å²) >= 11 is 12.2. The molecule has 0 aromatic heterocycles. The Hall–Kier alpha value is -2.11. The molecule has 2 amide bonds. The van der Waals surface area contributed by atoms with Crippen molar-refractivity contribution in [1.82, 2.24) is 10.2 Å². The highest BCUT2D eigenvalue weighted by molar-refractivity contribution is 6.35. The van der Waals surface area contributed by atoms with Crippen molar-refractivity contribution in [2.24, 2.45) is 0 Å². The van der Waals surface area contributed by atoms with E-state index in [1.165, 1.54) is 11.0 Å². The topological polar surface area (TPSA) is 49.4 Å². The van der Waals surface area contributed by atoms with E-state index in [1.54, 1.807) is 43.3 Å². The Kier molecular flexibility index (Phi) is 7.84. The second kappa shape index (κ2) is 9.89. The van der Waals surface area contributed by atoms with Gasteiger partial charge in [0.05, 0.1) is 6.42 Å². The van der Waals surface area contributed by atoms with Crippen LogP contribution in [0.4, 0.5) is 4.39 Å². The van der Waals surface area contributed by atoms with E-state index in [9.17, 15) is 14.0 Å². The van der Waals surface area contributed by atoms with E-state index in [4.69, 9.17) is 23.2 Å². The van der Waals surface area contributed by atoms with Crippen LogP contribution < -0.4 is 5.32 Å². The van der Waals surface area contributed by atoms with Crippen molar-refractivity contribution in [3.05, 3.63) is 69.5 Å². The second-order valence-corrected chi connectivity index (χ2v) is 7.71. The van der Waals surface area contributed by atoms with Crippen LogP contribution in [-0.2, 0) is 22.6 Å². The predicted molar refractivity (Wildman–Crippen MR) is 110 cm³/mol. The third kappa shape index (κ3) is 5.94. The maximum Gasteiger partial charge on any atom is 0.242 e. The largest absolute Gasteiger partial charge is 0.352 e. The highest BCUT2D eigenvalue weighted by atomic mass is 35.5. The summed E-state index contributed by atoms with van der Waals surface area (Å²) in [6.07, 6.45) is -0.156. The Bertz CT molecular complexity index is 858. The third-order valence-electron chi connectivity index (χ3n) is 4.25. The average molecular weight is 425 g/mol. The number of hydrogen-bond donors (Lipinski definition) is 1. The van der Waals surface area contributed by atoms with Crippen molar-refractivity contribution in [3.8, 4) is 0 Å². The molecule has 0 aliphatic carbocycles. The first-order chi connectivity index (χ1) is 13.2. The lowest BCUT2D eigenvalue weighted by atomic mass is 10.1. The number of rotatable bonds is 7. The van der Waals surface area contributed by atoms with Gasteiger partial charge in [0.15, 0.2) is 0 Å². The van der Waals surface area contributed by atoms with Gasteiger partial charge in [0.2, 0.25) is 11.8 Å². The van der Waals surface area contributed by atoms with Crippen molar-refractivity contribution in [2.75, 3.05) is 0 Å². The van der Waals surface area contributed by atoms with Gasteiger partial charge in [-0.2, -0.15) is 0 Å². The molecule has 0 heterocycles. The lowest BCUT2D eigenvalue weighted by Crippen LogP contribution is -2.49. The molecule has 4 nitrogen and oxygen atoms in total. The van der Waals surface area contributed by atoms with Gasteiger partial charge >= 0.3 is 0 Å². The highest BCUT2D eigenvalue weighted by Crippen LogP contribution is 2.23. The first kappa shape index (κ1) is 22.2. The SMILES string of the molecule is CC(C)NC(=O)[C@@H](C)N(Cc1ccc(Cl)cc1Cl)C(=O)Cc1ccccc1F. The summed E-state index contributed by atoms with van der Waals surface area (Å²) in [6.45, 7) is 5.43. The molecule has 0 bridgehead atoms. The van der Waals surface area contributed by atoms with Crippen LogP contribution in [0.15, 0.2) is 42.5 Å². The van der Waals surface area contributed by atoms with Crippen LogP contribution in [0.3, 0.4) is 0 Å². The minimum absolute atomic E-state index is 0.0717. The summed E-state index contributed by atoms with van der Waals surface area (Å²) in [4.78, 5) is 26.9. The Morgan fingerprint density at radius 3 is 2.36 bits per heavy atom. The zero-order valence-corrected chi connectivity index (χ0v) is 17.5. The van der Waals surface area contributed by atoms with Crippen molar-refractivity contribution >= 4 is 35.0 Å². The molecule has 0 aliphatic rings. The Morgan fingerprint density at radius 1 is 1.07 bits per heavy atom. The average Bonchev–Trinajstić information content (AvgIpc) is 2.61. The van der Waals surface area contributed by atoms with Crippen LogP contribution in [0.2, 0.25) is 10.0 Å². The van der Waals surface area contributed by atoms with Gasteiger partial charge < -0.3 is 10.2 Å². The van der Waals surface area contributed by atoms with Crippen LogP contribution in [0.5, 0.6) is 0 Å². The predicted octanol–water partition coefficient (Wildman–Crippen LogP) is 4.62. The number of halogens is 3. The Morgan fingerprint density at radius 2 is 1.75 bits per heavy atom. The van der Waals surface area contributed by atoms with E-state index < -0.39 is 11.9 Å². The number of carbonyl (C=O) groups excluding carboxylic acids is 2. The van der Waals surface area contributed by atoms with Gasteiger partial charge in [-0.3, -0.25) is 9.59 Å². The molecule has 2 aromatic rings. The molecule has 7 heteroatoms. The summed E-state index contributed by atoms with van der Waals surface area (Å²) in [5.74, 6) is -1.12. The number of amides is 2. The van der Waals surface area contributed by atoms with E-state index in [0.717, 1.165) is 0 Å². The number of nitrogens with one attached hydrogen (secondary N) is 1. The van der Waals surface area contributed by atoms with Gasteiger partial charge in [-0.15, -0.1) is 0 Å². The normalized spacial score (nSPS) is 12.0. The lowest BCUT2D eigenvalue weighted by Gasteiger charge is -2.30. The van der Waals surface area contributed by atoms with Gasteiger partial charge in [0.25, 0.3) is 0 Å². The van der Waals surface area contributed by atoms with Crippen molar-refractivity contribution in [2.45, 2.75) is 45.8 Å². The van der Waals surface area contributed by atoms with E-state index in [-0.39, 0.29) is 36.4 Å². The molecule has 0 spiro atoms. The molecule has 2 aromatic carbocycles. The van der Waals surface area contributed by atoms with E-state index in [1.807, 2.05) is 13.8 Å². The molecule has 0 saturated carbocycles. The number of carbonyl (C=O) groups is 2. The Labute approximate surface area is 174 Å². The first-order valence-corrected chi connectivity index (χ1v) is 9.71. The third-order valence-corrected chi connectivity index (χ3v) is 4.84. The highest BCUT2D eigenvalue weighted by Gasteiger charge is 2.27. The summed E-state index contributed by atoms with van der Waals surface area (Å²) < 4.78 is 14.0. The minimum Gasteiger partial charge on any atom is -0.352 e. The van der Waals surface area contributed by atoms with Crippen LogP contribution in [0, 0.1) is 5.82 Å². The van der Waals surface area contributed by atoms with E-state index >= 15 is 0 Å². The van der Waals surface area contributed by atoms with E-state index in [0.29, 0.717) is 15.6 Å². The van der Waals surface area contributed by atoms with Gasteiger partial charge in [-0.1, -0.05) is 47.5 Å². The summed E-state index contributed by atoms with van der Waals surface area (Å²) in [5.41, 5.74) is 0.924. The van der Waals surface area contributed by atoms with Gasteiger partial charge in [0, 0.05) is 22.6 Å². The van der Waals surface area contributed by atoms with Crippen molar-refractivity contribution in [3.63, 3.8) is 0 Å². The fraction of sp³-hybridized carbons (Fsp3) is 0.333. The zero-order chi connectivity index (χ0) is 20.8. The second-order valence-electron chi connectivity index (χ2n) is 6.86. The standard InChI is InChI=1S/C21H23Cl2FN2O2/c1-13(2)25-21(28)14(3)26(12-16-8-9-17(22)11-18(16)23)20(27)10-15-6-4-5-7-19(15)24/h4-9,11,13-14H,10,12H2,1-3H3,(H,25,28)/t14-/m1/s1. The van der Waals surface area contributed by atoms with Crippen LogP contribution in [0.25, 0.3) is 0 Å². The van der Waals surface area contributed by atoms with Gasteiger partial charge in [-0.25, -0.2) is 4.39 Å². The minimum atomic E-state index is -0.756. The summed E-state index contributed by atoms with van der Waals surface area (Å²) in [5, 5.41) is 3.67. The number of nitrogens with zero attached hydrogens (tertiary/aromatic N) is 1. The number of benzene rings is 2. The monoisotopic (exact) mass is 424 g/mol. The van der Waals surface area contributed by atoms with E-state index in [2.05, 4.69) is 5.32 Å². The fourth-order valence-corrected chi connectivity index (χ4v) is 3.20. The smallest absolute Gasteiger partial charge is 0.242 e. The molecule has 0 fully saturated rings. The molecule has 150 valence electrons. The maximum absolute atomic E-state index is 14.0. The fourth-order valence-electron chi connectivity index (χ4n) is 2.73. The molecule has 0 saturated heterocycles. The van der Waals surface area contributed by atoms with Crippen molar-refractivity contribution < 1.29 is 14.0 Å². The lowest BCUT2D eigenvalue weighted by molar-refractivity contribution is -0.140. The molecule has 2 rings (SSSR count). The van der Waals surface area contributed by atoms with Crippen LogP contribution >= 0.6 is 23.2 Å². The van der Waals surface area contributed by atoms with Crippen LogP contribution in [-0.4, -0.2) is 28.8 Å². The summed E-state index contributed by atoms with van der Waals surface area (Å²) in [6, 6.07) is 10.2. The number of hydrogen-bond acceptors (Lipinski definition) is 2. The molecule has 0 unspecified atom stereocenters. The van der Waals surface area contributed by atoms with Crippen LogP contribution in [0.1, 0.15) is 31.9 Å². The molecule has 1 N–H and O–H groups in total. The van der Waals surface area contributed by atoms with Gasteiger partial charge in [0.1, 0.15) is 11.9 Å². The quantitative estimate of drug-likeness (QED) is 0.704. The molecule has 0 aliphatic heterocycles. The first-order valence-electron chi connectivity index (χ1n) is 8.96. The molecule has 1 atom stereocenters.